The molecule has 0 atom stereocenters. The number of benzene rings is 2. The zero-order valence-corrected chi connectivity index (χ0v) is 19.2. The minimum Gasteiger partial charge on any atom is -0.407 e. The van der Waals surface area contributed by atoms with Gasteiger partial charge < -0.3 is 14.9 Å². The summed E-state index contributed by atoms with van der Waals surface area (Å²) in [5, 5.41) is 2.65. The van der Waals surface area contributed by atoms with Crippen molar-refractivity contribution >= 4 is 19.4 Å². The molecule has 2 aromatic carbocycles. The Morgan fingerprint density at radius 2 is 1.52 bits per heavy atom. The zero-order valence-electron chi connectivity index (χ0n) is 18.2. The highest BCUT2D eigenvalue weighted by atomic mass is 28.3. The van der Waals surface area contributed by atoms with Crippen LogP contribution in [0.25, 0.3) is 0 Å². The van der Waals surface area contributed by atoms with Crippen LogP contribution in [0.5, 0.6) is 0 Å². The van der Waals surface area contributed by atoms with Gasteiger partial charge in [0.15, 0.2) is 0 Å². The SMILES string of the molecule is CC(C)(C)c1ccc([Si](OCC2CCC(OCCN)CC2)c2ccccc2)cc1. The molecule has 0 aromatic heterocycles. The second kappa shape index (κ2) is 10.5. The molecule has 2 N–H and O–H groups in total. The maximum atomic E-state index is 6.64. The van der Waals surface area contributed by atoms with Crippen LogP contribution >= 0.6 is 0 Å². The van der Waals surface area contributed by atoms with Crippen molar-refractivity contribution in [3.05, 3.63) is 60.2 Å². The van der Waals surface area contributed by atoms with Gasteiger partial charge in [-0.05, 0) is 53.0 Å². The second-order valence-corrected chi connectivity index (χ2v) is 11.2. The quantitative estimate of drug-likeness (QED) is 0.676. The minimum absolute atomic E-state index is 0.170. The molecule has 0 amide bonds. The van der Waals surface area contributed by atoms with Crippen molar-refractivity contribution in [2.75, 3.05) is 19.8 Å². The van der Waals surface area contributed by atoms with Crippen LogP contribution in [-0.2, 0) is 14.6 Å². The van der Waals surface area contributed by atoms with Gasteiger partial charge in [-0.15, -0.1) is 0 Å². The van der Waals surface area contributed by atoms with Crippen LogP contribution in [0.4, 0.5) is 0 Å². The Morgan fingerprint density at radius 3 is 2.10 bits per heavy atom. The van der Waals surface area contributed by atoms with E-state index in [0.717, 1.165) is 19.4 Å². The molecule has 1 radical (unpaired) electrons. The van der Waals surface area contributed by atoms with Crippen LogP contribution in [0, 0.1) is 5.92 Å². The van der Waals surface area contributed by atoms with Gasteiger partial charge in [0.25, 0.3) is 9.04 Å². The molecule has 4 heteroatoms. The normalized spacial score (nSPS) is 20.2. The van der Waals surface area contributed by atoms with Crippen molar-refractivity contribution in [2.45, 2.75) is 58.0 Å². The van der Waals surface area contributed by atoms with E-state index < -0.39 is 9.04 Å². The molecule has 157 valence electrons. The lowest BCUT2D eigenvalue weighted by Gasteiger charge is -2.29. The Hall–Kier alpha value is -1.46. The molecular weight excluding hydrogens is 374 g/mol. The third kappa shape index (κ3) is 6.51. The van der Waals surface area contributed by atoms with E-state index in [-0.39, 0.29) is 5.41 Å². The van der Waals surface area contributed by atoms with Crippen LogP contribution < -0.4 is 16.1 Å². The summed E-state index contributed by atoms with van der Waals surface area (Å²) in [5.74, 6) is 0.630. The van der Waals surface area contributed by atoms with Gasteiger partial charge in [0.05, 0.1) is 12.7 Å². The molecule has 1 saturated carbocycles. The fourth-order valence-electron chi connectivity index (χ4n) is 3.95. The maximum Gasteiger partial charge on any atom is 0.282 e. The average molecular weight is 411 g/mol. The first-order chi connectivity index (χ1) is 14.0. The lowest BCUT2D eigenvalue weighted by atomic mass is 9.87. The topological polar surface area (TPSA) is 44.5 Å². The summed E-state index contributed by atoms with van der Waals surface area (Å²) in [6, 6.07) is 19.8. The number of ether oxygens (including phenoxy) is 1. The molecule has 0 aliphatic heterocycles. The van der Waals surface area contributed by atoms with Gasteiger partial charge >= 0.3 is 0 Å². The largest absolute Gasteiger partial charge is 0.407 e. The van der Waals surface area contributed by atoms with Crippen molar-refractivity contribution in [3.8, 4) is 0 Å². The van der Waals surface area contributed by atoms with Gasteiger partial charge in [-0.25, -0.2) is 0 Å². The van der Waals surface area contributed by atoms with E-state index in [9.17, 15) is 0 Å². The molecule has 0 bridgehead atoms. The van der Waals surface area contributed by atoms with Crippen LogP contribution in [-0.4, -0.2) is 34.9 Å². The Morgan fingerprint density at radius 1 is 0.897 bits per heavy atom. The monoisotopic (exact) mass is 410 g/mol. The Balaban J connectivity index is 1.65. The lowest BCUT2D eigenvalue weighted by Crippen LogP contribution is -2.46. The fraction of sp³-hybridized carbons (Fsp3) is 0.520. The summed E-state index contributed by atoms with van der Waals surface area (Å²) in [6.45, 7) is 8.91. The predicted molar refractivity (Wildman–Crippen MR) is 123 cm³/mol. The third-order valence-corrected chi connectivity index (χ3v) is 7.95. The van der Waals surface area contributed by atoms with Crippen molar-refractivity contribution < 1.29 is 9.16 Å². The molecule has 0 saturated heterocycles. The van der Waals surface area contributed by atoms with Crippen molar-refractivity contribution in [2.24, 2.45) is 11.7 Å². The van der Waals surface area contributed by atoms with Gasteiger partial charge in [-0.3, -0.25) is 0 Å². The summed E-state index contributed by atoms with van der Waals surface area (Å²) in [6.07, 6.45) is 5.01. The van der Waals surface area contributed by atoms with E-state index in [1.807, 2.05) is 0 Å². The summed E-state index contributed by atoms with van der Waals surface area (Å²) >= 11 is 0. The molecule has 1 aliphatic carbocycles. The van der Waals surface area contributed by atoms with E-state index in [1.165, 1.54) is 28.8 Å². The standard InChI is InChI=1S/C25H36NO2Si/c1-25(2,3)21-11-15-24(16-12-21)29(23-7-5-4-6-8-23)28-19-20-9-13-22(14-10-20)27-18-17-26/h4-8,11-12,15-16,20,22H,9-10,13-14,17-19,26H2,1-3H3. The molecule has 1 fully saturated rings. The third-order valence-electron chi connectivity index (χ3n) is 5.78. The molecule has 0 unspecified atom stereocenters. The zero-order chi connectivity index (χ0) is 20.7. The smallest absolute Gasteiger partial charge is 0.282 e. The van der Waals surface area contributed by atoms with Gasteiger partial charge in [-0.1, -0.05) is 75.4 Å². The molecular formula is C25H36NO2Si. The predicted octanol–water partition coefficient (Wildman–Crippen LogP) is 3.64. The van der Waals surface area contributed by atoms with Crippen molar-refractivity contribution in [1.82, 2.24) is 0 Å². The highest BCUT2D eigenvalue weighted by molar-refractivity contribution is 6.80. The highest BCUT2D eigenvalue weighted by Crippen LogP contribution is 2.26. The van der Waals surface area contributed by atoms with Crippen LogP contribution in [0.1, 0.15) is 52.0 Å². The van der Waals surface area contributed by atoms with Gasteiger partial charge in [-0.2, -0.15) is 0 Å². The van der Waals surface area contributed by atoms with Gasteiger partial charge in [0.1, 0.15) is 0 Å². The van der Waals surface area contributed by atoms with Crippen LogP contribution in [0.15, 0.2) is 54.6 Å². The van der Waals surface area contributed by atoms with Crippen LogP contribution in [0.3, 0.4) is 0 Å². The molecule has 1 aliphatic rings. The number of rotatable bonds is 8. The lowest BCUT2D eigenvalue weighted by molar-refractivity contribution is 0.0171. The molecule has 3 rings (SSSR count). The van der Waals surface area contributed by atoms with E-state index in [4.69, 9.17) is 14.9 Å². The summed E-state index contributed by atoms with van der Waals surface area (Å²) in [4.78, 5) is 0. The molecule has 29 heavy (non-hydrogen) atoms. The van der Waals surface area contributed by atoms with E-state index >= 15 is 0 Å². The molecule has 2 aromatic rings. The first kappa shape index (κ1) is 22.2. The maximum absolute atomic E-state index is 6.64. The molecule has 3 nitrogen and oxygen atoms in total. The Kier molecular flexibility index (Phi) is 8.07. The fourth-order valence-corrected chi connectivity index (χ4v) is 5.98. The first-order valence-corrected chi connectivity index (χ1v) is 12.4. The van der Waals surface area contributed by atoms with E-state index in [0.29, 0.717) is 25.2 Å². The van der Waals surface area contributed by atoms with Gasteiger partial charge in [0.2, 0.25) is 0 Å². The Labute approximate surface area is 178 Å². The molecule has 0 heterocycles. The average Bonchev–Trinajstić information content (AvgIpc) is 2.74. The number of hydrogen-bond acceptors (Lipinski definition) is 3. The van der Waals surface area contributed by atoms with Crippen LogP contribution in [0.2, 0.25) is 0 Å². The minimum atomic E-state index is -1.24. The van der Waals surface area contributed by atoms with E-state index in [2.05, 4.69) is 75.4 Å². The number of hydrogen-bond donors (Lipinski definition) is 1. The van der Waals surface area contributed by atoms with Crippen molar-refractivity contribution in [1.29, 1.82) is 0 Å². The summed E-state index contributed by atoms with van der Waals surface area (Å²) < 4.78 is 12.5. The van der Waals surface area contributed by atoms with E-state index in [1.54, 1.807) is 0 Å². The summed E-state index contributed by atoms with van der Waals surface area (Å²) in [5.41, 5.74) is 7.09. The Bertz CT molecular complexity index is 719. The highest BCUT2D eigenvalue weighted by Gasteiger charge is 2.25. The second-order valence-electron chi connectivity index (χ2n) is 9.14. The van der Waals surface area contributed by atoms with Crippen molar-refractivity contribution in [3.63, 3.8) is 0 Å². The van der Waals surface area contributed by atoms with Gasteiger partial charge in [0, 0.05) is 13.2 Å². The summed E-state index contributed by atoms with van der Waals surface area (Å²) in [7, 11) is -1.24. The number of nitrogens with two attached hydrogens (primary N) is 1. The first-order valence-electron chi connectivity index (χ1n) is 10.9. The molecule has 0 spiro atoms.